The summed E-state index contributed by atoms with van der Waals surface area (Å²) < 4.78 is 28.3. The maximum atomic E-state index is 12.2. The minimum absolute atomic E-state index is 0.179. The van der Waals surface area contributed by atoms with Gasteiger partial charge in [-0.25, -0.2) is 23.1 Å². The van der Waals surface area contributed by atoms with Gasteiger partial charge in [-0.2, -0.15) is 0 Å². The fraction of sp³-hybridized carbons (Fsp3) is 0.0870. The van der Waals surface area contributed by atoms with Crippen molar-refractivity contribution in [1.29, 1.82) is 0 Å². The van der Waals surface area contributed by atoms with Gasteiger partial charge < -0.3 is 5.32 Å². The number of imidazole rings is 1. The Morgan fingerprint density at radius 3 is 2.53 bits per heavy atom. The van der Waals surface area contributed by atoms with Crippen LogP contribution in [0.15, 0.2) is 84.2 Å². The lowest BCUT2D eigenvalue weighted by Gasteiger charge is -2.06. The predicted molar refractivity (Wildman–Crippen MR) is 124 cm³/mol. The molecule has 0 aliphatic rings. The molecule has 1 amide bonds. The topological polar surface area (TPSA) is 106 Å². The van der Waals surface area contributed by atoms with Crippen LogP contribution < -0.4 is 10.0 Å². The normalized spacial score (nSPS) is 11.8. The molecule has 8 nitrogen and oxygen atoms in total. The highest BCUT2D eigenvalue weighted by Crippen LogP contribution is 2.17. The van der Waals surface area contributed by atoms with Gasteiger partial charge in [-0.3, -0.25) is 9.36 Å². The number of fused-ring (bicyclic) bond motifs is 1. The van der Waals surface area contributed by atoms with E-state index in [9.17, 15) is 13.2 Å². The molecule has 0 atom stereocenters. The highest BCUT2D eigenvalue weighted by molar-refractivity contribution is 7.89. The van der Waals surface area contributed by atoms with Crippen molar-refractivity contribution in [3.05, 3.63) is 84.8 Å². The predicted octanol–water partition coefficient (Wildman–Crippen LogP) is 3.37. The van der Waals surface area contributed by atoms with E-state index in [1.807, 2.05) is 28.8 Å². The first-order valence-electron chi connectivity index (χ1n) is 9.93. The Balaban J connectivity index is 1.40. The van der Waals surface area contributed by atoms with Crippen molar-refractivity contribution in [2.24, 2.45) is 0 Å². The van der Waals surface area contributed by atoms with Gasteiger partial charge in [0.25, 0.3) is 0 Å². The molecular formula is C23H21N5O3S. The second-order valence-corrected chi connectivity index (χ2v) is 8.67. The van der Waals surface area contributed by atoms with Gasteiger partial charge in [-0.05, 0) is 48.0 Å². The molecule has 0 aliphatic carbocycles. The van der Waals surface area contributed by atoms with Gasteiger partial charge >= 0.3 is 0 Å². The van der Waals surface area contributed by atoms with Crippen LogP contribution in [0.1, 0.15) is 12.5 Å². The third-order valence-electron chi connectivity index (χ3n) is 4.67. The van der Waals surface area contributed by atoms with Crippen LogP contribution in [0.2, 0.25) is 0 Å². The standard InChI is InChI=1S/C23H21N5O3S/c1-2-26-32(30,31)19-11-7-17(8-12-19)9-14-23(29)27-18-10-13-22(24-15-18)28-16-25-20-5-3-4-6-21(20)28/h3-16,26H,2H2,1H3,(H,27,29)/b14-9+. The molecule has 0 aliphatic heterocycles. The van der Waals surface area contributed by atoms with E-state index in [-0.39, 0.29) is 10.8 Å². The summed E-state index contributed by atoms with van der Waals surface area (Å²) in [4.78, 5) is 21.2. The zero-order chi connectivity index (χ0) is 22.6. The van der Waals surface area contributed by atoms with Crippen LogP contribution in [0.25, 0.3) is 22.9 Å². The van der Waals surface area contributed by atoms with Crippen LogP contribution in [-0.4, -0.2) is 35.4 Å². The highest BCUT2D eigenvalue weighted by atomic mass is 32.2. The average Bonchev–Trinajstić information content (AvgIpc) is 3.23. The van der Waals surface area contributed by atoms with E-state index in [2.05, 4.69) is 20.0 Å². The smallest absolute Gasteiger partial charge is 0.248 e. The molecular weight excluding hydrogens is 426 g/mol. The number of nitrogens with one attached hydrogen (secondary N) is 2. The number of rotatable bonds is 7. The van der Waals surface area contributed by atoms with E-state index < -0.39 is 10.0 Å². The number of nitrogens with zero attached hydrogens (tertiary/aromatic N) is 3. The number of carbonyl (C=O) groups excluding carboxylic acids is 1. The fourth-order valence-electron chi connectivity index (χ4n) is 3.13. The first-order valence-corrected chi connectivity index (χ1v) is 11.4. The molecule has 0 saturated carbocycles. The lowest BCUT2D eigenvalue weighted by molar-refractivity contribution is -0.111. The summed E-state index contributed by atoms with van der Waals surface area (Å²) in [7, 11) is -3.50. The maximum Gasteiger partial charge on any atom is 0.248 e. The van der Waals surface area contributed by atoms with E-state index in [0.29, 0.717) is 23.6 Å². The lowest BCUT2D eigenvalue weighted by Crippen LogP contribution is -2.22. The van der Waals surface area contributed by atoms with Crippen molar-refractivity contribution in [1.82, 2.24) is 19.3 Å². The molecule has 2 aromatic heterocycles. The van der Waals surface area contributed by atoms with E-state index in [1.165, 1.54) is 18.2 Å². The molecule has 2 N–H and O–H groups in total. The first kappa shape index (κ1) is 21.4. The Hall–Kier alpha value is -3.82. The van der Waals surface area contributed by atoms with Crippen molar-refractivity contribution < 1.29 is 13.2 Å². The van der Waals surface area contributed by atoms with Crippen LogP contribution in [0.5, 0.6) is 0 Å². The van der Waals surface area contributed by atoms with E-state index in [4.69, 9.17) is 0 Å². The number of sulfonamides is 1. The summed E-state index contributed by atoms with van der Waals surface area (Å²) in [6, 6.07) is 17.6. The molecule has 4 aromatic rings. The molecule has 0 spiro atoms. The van der Waals surface area contributed by atoms with Crippen LogP contribution in [-0.2, 0) is 14.8 Å². The molecule has 2 heterocycles. The number of anilines is 1. The monoisotopic (exact) mass is 447 g/mol. The van der Waals surface area contributed by atoms with Gasteiger partial charge in [0.2, 0.25) is 15.9 Å². The summed E-state index contributed by atoms with van der Waals surface area (Å²) >= 11 is 0. The number of hydrogen-bond acceptors (Lipinski definition) is 5. The van der Waals surface area contributed by atoms with Gasteiger partial charge in [0.05, 0.1) is 27.8 Å². The second-order valence-electron chi connectivity index (χ2n) is 6.90. The number of carbonyl (C=O) groups is 1. The Labute approximate surface area is 185 Å². The summed E-state index contributed by atoms with van der Waals surface area (Å²) in [5.41, 5.74) is 3.09. The van der Waals surface area contributed by atoms with Gasteiger partial charge in [-0.1, -0.05) is 31.2 Å². The van der Waals surface area contributed by atoms with Crippen LogP contribution in [0.3, 0.4) is 0 Å². The van der Waals surface area contributed by atoms with Gasteiger partial charge in [0.1, 0.15) is 12.1 Å². The summed E-state index contributed by atoms with van der Waals surface area (Å²) in [6.07, 6.45) is 6.28. The number of para-hydroxylation sites is 2. The molecule has 0 bridgehead atoms. The van der Waals surface area contributed by atoms with Crippen molar-refractivity contribution in [2.75, 3.05) is 11.9 Å². The molecule has 9 heteroatoms. The van der Waals surface area contributed by atoms with E-state index in [0.717, 1.165) is 11.0 Å². The third-order valence-corrected chi connectivity index (χ3v) is 6.23. The minimum Gasteiger partial charge on any atom is -0.321 e. The Morgan fingerprint density at radius 1 is 1.03 bits per heavy atom. The van der Waals surface area contributed by atoms with Gasteiger partial charge in [0, 0.05) is 12.6 Å². The van der Waals surface area contributed by atoms with Crippen molar-refractivity contribution in [3.63, 3.8) is 0 Å². The molecule has 2 aromatic carbocycles. The lowest BCUT2D eigenvalue weighted by atomic mass is 10.2. The summed E-state index contributed by atoms with van der Waals surface area (Å²) in [6.45, 7) is 2.04. The fourth-order valence-corrected chi connectivity index (χ4v) is 4.17. The Bertz CT molecular complexity index is 1380. The summed E-state index contributed by atoms with van der Waals surface area (Å²) in [5, 5.41) is 2.76. The van der Waals surface area contributed by atoms with E-state index >= 15 is 0 Å². The molecule has 0 saturated heterocycles. The third kappa shape index (κ3) is 4.74. The van der Waals surface area contributed by atoms with Gasteiger partial charge in [0.15, 0.2) is 0 Å². The number of pyridine rings is 1. The largest absolute Gasteiger partial charge is 0.321 e. The van der Waals surface area contributed by atoms with E-state index in [1.54, 1.807) is 49.8 Å². The number of amides is 1. The van der Waals surface area contributed by atoms with Crippen molar-refractivity contribution in [2.45, 2.75) is 11.8 Å². The molecule has 0 unspecified atom stereocenters. The Morgan fingerprint density at radius 2 is 1.81 bits per heavy atom. The first-order chi connectivity index (χ1) is 15.5. The molecule has 4 rings (SSSR count). The van der Waals surface area contributed by atoms with Crippen molar-refractivity contribution >= 4 is 38.7 Å². The molecule has 32 heavy (non-hydrogen) atoms. The van der Waals surface area contributed by atoms with Crippen LogP contribution in [0, 0.1) is 0 Å². The van der Waals surface area contributed by atoms with Crippen LogP contribution in [0.4, 0.5) is 5.69 Å². The highest BCUT2D eigenvalue weighted by Gasteiger charge is 2.11. The van der Waals surface area contributed by atoms with Gasteiger partial charge in [-0.15, -0.1) is 0 Å². The second kappa shape index (κ2) is 9.13. The molecule has 0 radical (unpaired) electrons. The zero-order valence-electron chi connectivity index (χ0n) is 17.3. The average molecular weight is 448 g/mol. The minimum atomic E-state index is -3.50. The SMILES string of the molecule is CCNS(=O)(=O)c1ccc(/C=C/C(=O)Nc2ccc(-n3cnc4ccccc43)nc2)cc1. The van der Waals surface area contributed by atoms with Crippen LogP contribution >= 0.6 is 0 Å². The van der Waals surface area contributed by atoms with Crippen molar-refractivity contribution in [3.8, 4) is 5.82 Å². The quantitative estimate of drug-likeness (QED) is 0.423. The number of benzene rings is 2. The molecule has 162 valence electrons. The number of hydrogen-bond donors (Lipinski definition) is 2. The summed E-state index contributed by atoms with van der Waals surface area (Å²) in [5.74, 6) is 0.372. The Kier molecular flexibility index (Phi) is 6.11. The number of aromatic nitrogens is 3. The maximum absolute atomic E-state index is 12.2. The molecule has 0 fully saturated rings. The zero-order valence-corrected chi connectivity index (χ0v) is 18.1.